The molecule has 28 heavy (non-hydrogen) atoms. The highest BCUT2D eigenvalue weighted by Crippen LogP contribution is 2.32. The van der Waals surface area contributed by atoms with E-state index in [1.165, 1.54) is 4.31 Å². The summed E-state index contributed by atoms with van der Waals surface area (Å²) in [5, 5.41) is 9.62. The average molecular weight is 424 g/mol. The van der Waals surface area contributed by atoms with Crippen LogP contribution in [0.1, 0.15) is 67.7 Å². The molecule has 1 N–H and O–H groups in total. The van der Waals surface area contributed by atoms with E-state index in [2.05, 4.69) is 0 Å². The maximum absolute atomic E-state index is 13.6. The van der Waals surface area contributed by atoms with Crippen molar-refractivity contribution in [3.63, 3.8) is 0 Å². The highest BCUT2D eigenvalue weighted by atomic mass is 32.2. The molecule has 0 aromatic heterocycles. The van der Waals surface area contributed by atoms with Gasteiger partial charge in [0.2, 0.25) is 10.0 Å². The van der Waals surface area contributed by atoms with E-state index in [1.54, 1.807) is 20.8 Å². The van der Waals surface area contributed by atoms with Crippen LogP contribution >= 0.6 is 0 Å². The standard InChI is InChI=1S/C20H38FNO5S/c1-13(19(2,3)4)27-15(12-22(20(5,6)7)28(8,25)26)11-17(23)14-9-16(21)18(24)10-14/h13-16,18,24H,9-12H2,1-8H3. The number of sulfonamides is 1. The molecule has 0 amide bonds. The number of aliphatic hydroxyl groups excluding tert-OH is 1. The fourth-order valence-corrected chi connectivity index (χ4v) is 4.79. The monoisotopic (exact) mass is 423 g/mol. The lowest BCUT2D eigenvalue weighted by molar-refractivity contribution is -0.129. The lowest BCUT2D eigenvalue weighted by Crippen LogP contribution is -2.50. The predicted molar refractivity (Wildman–Crippen MR) is 108 cm³/mol. The first-order valence-electron chi connectivity index (χ1n) is 9.91. The van der Waals surface area contributed by atoms with Gasteiger partial charge in [-0.2, -0.15) is 4.31 Å². The first kappa shape index (κ1) is 25.5. The van der Waals surface area contributed by atoms with Crippen molar-refractivity contribution >= 4 is 15.8 Å². The van der Waals surface area contributed by atoms with E-state index >= 15 is 0 Å². The van der Waals surface area contributed by atoms with E-state index in [9.17, 15) is 22.7 Å². The van der Waals surface area contributed by atoms with Crippen molar-refractivity contribution in [3.8, 4) is 0 Å². The van der Waals surface area contributed by atoms with E-state index in [0.717, 1.165) is 6.26 Å². The van der Waals surface area contributed by atoms with Crippen molar-refractivity contribution in [2.45, 2.75) is 97.8 Å². The third-order valence-electron chi connectivity index (χ3n) is 5.47. The smallest absolute Gasteiger partial charge is 0.211 e. The SMILES string of the molecule is CC(OC(CC(=O)C1CC(O)C(F)C1)CN(C(C)(C)C)S(C)(=O)=O)C(C)(C)C. The van der Waals surface area contributed by atoms with Gasteiger partial charge in [-0.05, 0) is 46.0 Å². The minimum Gasteiger partial charge on any atom is -0.390 e. The maximum Gasteiger partial charge on any atom is 0.211 e. The maximum atomic E-state index is 13.6. The molecule has 8 heteroatoms. The molecule has 1 saturated carbocycles. The molecule has 0 aliphatic heterocycles. The van der Waals surface area contributed by atoms with Crippen LogP contribution in [0.2, 0.25) is 0 Å². The molecule has 1 aliphatic rings. The normalized spacial score (nSPS) is 26.5. The molecular formula is C20H38FNO5S. The molecule has 5 unspecified atom stereocenters. The summed E-state index contributed by atoms with van der Waals surface area (Å²) in [6.45, 7) is 13.4. The van der Waals surface area contributed by atoms with E-state index < -0.39 is 39.9 Å². The number of hydrogen-bond acceptors (Lipinski definition) is 5. The second kappa shape index (κ2) is 9.06. The second-order valence-electron chi connectivity index (χ2n) is 10.2. The highest BCUT2D eigenvalue weighted by Gasteiger charge is 2.39. The number of hydrogen-bond donors (Lipinski definition) is 1. The molecule has 1 rings (SSSR count). The number of Topliss-reactive ketones (excluding diaryl/α,β-unsaturated/α-hetero) is 1. The molecule has 0 spiro atoms. The predicted octanol–water partition coefficient (Wildman–Crippen LogP) is 2.93. The van der Waals surface area contributed by atoms with Gasteiger partial charge < -0.3 is 9.84 Å². The van der Waals surface area contributed by atoms with Gasteiger partial charge in [0.25, 0.3) is 0 Å². The van der Waals surface area contributed by atoms with E-state index in [-0.39, 0.29) is 43.1 Å². The van der Waals surface area contributed by atoms with Crippen LogP contribution in [0.5, 0.6) is 0 Å². The van der Waals surface area contributed by atoms with Gasteiger partial charge in [0.1, 0.15) is 12.0 Å². The number of carbonyl (C=O) groups is 1. The highest BCUT2D eigenvalue weighted by molar-refractivity contribution is 7.88. The van der Waals surface area contributed by atoms with Crippen LogP contribution in [0.15, 0.2) is 0 Å². The van der Waals surface area contributed by atoms with Crippen LogP contribution in [-0.2, 0) is 19.6 Å². The van der Waals surface area contributed by atoms with Crippen LogP contribution < -0.4 is 0 Å². The summed E-state index contributed by atoms with van der Waals surface area (Å²) in [6, 6.07) is 0. The van der Waals surface area contributed by atoms with Crippen molar-refractivity contribution in [2.24, 2.45) is 11.3 Å². The summed E-state index contributed by atoms with van der Waals surface area (Å²) in [7, 11) is -3.52. The molecule has 1 fully saturated rings. The van der Waals surface area contributed by atoms with Crippen LogP contribution in [0.3, 0.4) is 0 Å². The van der Waals surface area contributed by atoms with Gasteiger partial charge in [0.05, 0.1) is 24.6 Å². The first-order chi connectivity index (χ1) is 12.4. The number of aliphatic hydroxyl groups is 1. The van der Waals surface area contributed by atoms with E-state index in [4.69, 9.17) is 4.74 Å². The van der Waals surface area contributed by atoms with Crippen molar-refractivity contribution < 1.29 is 27.4 Å². The molecule has 166 valence electrons. The first-order valence-corrected chi connectivity index (χ1v) is 11.8. The van der Waals surface area contributed by atoms with Crippen molar-refractivity contribution in [1.82, 2.24) is 4.31 Å². The van der Waals surface area contributed by atoms with Crippen LogP contribution in [0.25, 0.3) is 0 Å². The number of ether oxygens (including phenoxy) is 1. The van der Waals surface area contributed by atoms with Gasteiger partial charge in [0, 0.05) is 24.4 Å². The van der Waals surface area contributed by atoms with Gasteiger partial charge >= 0.3 is 0 Å². The zero-order chi connectivity index (χ0) is 22.1. The average Bonchev–Trinajstić information content (AvgIpc) is 2.80. The summed E-state index contributed by atoms with van der Waals surface area (Å²) < 4.78 is 45.8. The van der Waals surface area contributed by atoms with Gasteiger partial charge in [-0.15, -0.1) is 0 Å². The molecule has 0 bridgehead atoms. The molecule has 1 aliphatic carbocycles. The summed E-state index contributed by atoms with van der Waals surface area (Å²) in [5.41, 5.74) is -0.858. The fraction of sp³-hybridized carbons (Fsp3) is 0.950. The largest absolute Gasteiger partial charge is 0.390 e. The van der Waals surface area contributed by atoms with Crippen molar-refractivity contribution in [2.75, 3.05) is 12.8 Å². The number of carbonyl (C=O) groups excluding carboxylic acids is 1. The van der Waals surface area contributed by atoms with Gasteiger partial charge in [-0.1, -0.05) is 20.8 Å². The van der Waals surface area contributed by atoms with Crippen LogP contribution in [0.4, 0.5) is 4.39 Å². The zero-order valence-electron chi connectivity index (χ0n) is 18.5. The molecule has 0 heterocycles. The Morgan fingerprint density at radius 3 is 2.11 bits per heavy atom. The molecule has 5 atom stereocenters. The number of halogens is 1. The summed E-state index contributed by atoms with van der Waals surface area (Å²) >= 11 is 0. The lowest BCUT2D eigenvalue weighted by atomic mass is 9.90. The molecule has 0 radical (unpaired) electrons. The lowest BCUT2D eigenvalue weighted by Gasteiger charge is -2.38. The molecule has 0 saturated heterocycles. The number of ketones is 1. The Morgan fingerprint density at radius 2 is 1.75 bits per heavy atom. The number of rotatable bonds is 8. The Balaban J connectivity index is 3.03. The van der Waals surface area contributed by atoms with Crippen molar-refractivity contribution in [1.29, 1.82) is 0 Å². The van der Waals surface area contributed by atoms with E-state index in [0.29, 0.717) is 0 Å². The summed E-state index contributed by atoms with van der Waals surface area (Å²) in [4.78, 5) is 12.7. The third kappa shape index (κ3) is 7.35. The Labute approximate surface area is 169 Å². The third-order valence-corrected chi connectivity index (χ3v) is 6.97. The Hall–Kier alpha value is -0.570. The fourth-order valence-electron chi connectivity index (χ4n) is 3.36. The quantitative estimate of drug-likeness (QED) is 0.649. The van der Waals surface area contributed by atoms with Gasteiger partial charge in [-0.25, -0.2) is 12.8 Å². The Kier molecular flexibility index (Phi) is 8.24. The molecule has 6 nitrogen and oxygen atoms in total. The van der Waals surface area contributed by atoms with Crippen LogP contribution in [-0.4, -0.2) is 66.4 Å². The summed E-state index contributed by atoms with van der Waals surface area (Å²) in [5.74, 6) is -0.741. The van der Waals surface area contributed by atoms with Gasteiger partial charge in [-0.3, -0.25) is 4.79 Å². The van der Waals surface area contributed by atoms with Gasteiger partial charge in [0.15, 0.2) is 0 Å². The Bertz CT molecular complexity index is 628. The van der Waals surface area contributed by atoms with E-state index in [1.807, 2.05) is 27.7 Å². The summed E-state index contributed by atoms with van der Waals surface area (Å²) in [6.07, 6.45) is -2.10. The topological polar surface area (TPSA) is 83.9 Å². The minimum atomic E-state index is -3.52. The molecular weight excluding hydrogens is 385 g/mol. The number of alkyl halides is 1. The Morgan fingerprint density at radius 1 is 1.21 bits per heavy atom. The van der Waals surface area contributed by atoms with Crippen molar-refractivity contribution in [3.05, 3.63) is 0 Å². The van der Waals surface area contributed by atoms with Crippen LogP contribution in [0, 0.1) is 11.3 Å². The molecule has 0 aromatic carbocycles. The zero-order valence-corrected chi connectivity index (χ0v) is 19.3. The number of nitrogens with zero attached hydrogens (tertiary/aromatic N) is 1. The minimum absolute atomic E-state index is 0.00731. The molecule has 0 aromatic rings. The second-order valence-corrected chi connectivity index (χ2v) is 12.1.